The van der Waals surface area contributed by atoms with E-state index >= 15 is 0 Å². The molecule has 2 heterocycles. The van der Waals surface area contributed by atoms with Gasteiger partial charge in [-0.1, -0.05) is 5.16 Å². The van der Waals surface area contributed by atoms with Gasteiger partial charge in [-0.15, -0.1) is 0 Å². The lowest BCUT2D eigenvalue weighted by atomic mass is 10.1. The molecule has 0 bridgehead atoms. The van der Waals surface area contributed by atoms with Gasteiger partial charge in [0.25, 0.3) is 5.89 Å². The van der Waals surface area contributed by atoms with Crippen molar-refractivity contribution in [2.24, 2.45) is 0 Å². The van der Waals surface area contributed by atoms with Crippen molar-refractivity contribution in [3.05, 3.63) is 48.5 Å². The van der Waals surface area contributed by atoms with Gasteiger partial charge in [0.15, 0.2) is 11.5 Å². The normalized spacial score (nSPS) is 10.7. The van der Waals surface area contributed by atoms with E-state index in [1.807, 2.05) is 36.4 Å². The lowest BCUT2D eigenvalue weighted by Crippen LogP contribution is -1.91. The topological polar surface area (TPSA) is 95.3 Å². The molecule has 28 heavy (non-hydrogen) atoms. The molecule has 0 atom stereocenters. The Hall–Kier alpha value is -3.81. The molecule has 0 saturated carbocycles. The number of nitrogens with zero attached hydrogens (tertiary/aromatic N) is 3. The van der Waals surface area contributed by atoms with Crippen LogP contribution in [0.5, 0.6) is 17.2 Å². The lowest BCUT2D eigenvalue weighted by Gasteiger charge is -2.07. The van der Waals surface area contributed by atoms with Crippen LogP contribution < -0.4 is 14.2 Å². The third-order valence-corrected chi connectivity index (χ3v) is 4.26. The average Bonchev–Trinajstić information content (AvgIpc) is 3.43. The predicted molar refractivity (Wildman–Crippen MR) is 102 cm³/mol. The van der Waals surface area contributed by atoms with E-state index in [0.717, 1.165) is 22.6 Å². The van der Waals surface area contributed by atoms with E-state index in [-0.39, 0.29) is 0 Å². The molecule has 0 amide bonds. The molecule has 8 heteroatoms. The quantitative estimate of drug-likeness (QED) is 0.545. The van der Waals surface area contributed by atoms with Crippen molar-refractivity contribution >= 4 is 0 Å². The Morgan fingerprint density at radius 2 is 1.57 bits per heavy atom. The molecule has 8 nitrogen and oxygen atoms in total. The molecule has 0 radical (unpaired) electrons. The first-order valence-electron chi connectivity index (χ1n) is 8.48. The van der Waals surface area contributed by atoms with Gasteiger partial charge in [-0.25, -0.2) is 0 Å². The molecule has 0 fully saturated rings. The molecule has 0 unspecified atom stereocenters. The van der Waals surface area contributed by atoms with Crippen LogP contribution in [-0.2, 0) is 0 Å². The van der Waals surface area contributed by atoms with Crippen molar-refractivity contribution in [1.82, 2.24) is 20.3 Å². The van der Waals surface area contributed by atoms with Gasteiger partial charge >= 0.3 is 0 Å². The first kappa shape index (κ1) is 17.6. The Bertz CT molecular complexity index is 1090. The predicted octanol–water partition coefficient (Wildman–Crippen LogP) is 3.82. The van der Waals surface area contributed by atoms with E-state index in [9.17, 15) is 0 Å². The van der Waals surface area contributed by atoms with Gasteiger partial charge < -0.3 is 18.7 Å². The Labute approximate surface area is 161 Å². The lowest BCUT2D eigenvalue weighted by molar-refractivity contribution is 0.355. The van der Waals surface area contributed by atoms with E-state index in [2.05, 4.69) is 20.3 Å². The van der Waals surface area contributed by atoms with Crippen molar-refractivity contribution in [3.8, 4) is 51.5 Å². The molecule has 0 aliphatic heterocycles. The maximum atomic E-state index is 5.40. The fourth-order valence-corrected chi connectivity index (χ4v) is 2.77. The highest BCUT2D eigenvalue weighted by Crippen LogP contribution is 2.32. The van der Waals surface area contributed by atoms with Crippen molar-refractivity contribution < 1.29 is 18.7 Å². The zero-order valence-corrected chi connectivity index (χ0v) is 15.6. The second-order valence-corrected chi connectivity index (χ2v) is 5.89. The summed E-state index contributed by atoms with van der Waals surface area (Å²) in [6.07, 6.45) is 0. The molecule has 4 aromatic rings. The van der Waals surface area contributed by atoms with Crippen molar-refractivity contribution in [2.45, 2.75) is 0 Å². The minimum absolute atomic E-state index is 0.344. The van der Waals surface area contributed by atoms with Crippen LogP contribution in [0.3, 0.4) is 0 Å². The van der Waals surface area contributed by atoms with Crippen LogP contribution in [0.2, 0.25) is 0 Å². The van der Waals surface area contributed by atoms with Gasteiger partial charge in [0.1, 0.15) is 11.4 Å². The Kier molecular flexibility index (Phi) is 4.67. The molecule has 142 valence electrons. The maximum Gasteiger partial charge on any atom is 0.276 e. The van der Waals surface area contributed by atoms with Gasteiger partial charge in [-0.05, 0) is 48.5 Å². The summed E-state index contributed by atoms with van der Waals surface area (Å²) in [5, 5.41) is 11.3. The Morgan fingerprint density at radius 3 is 2.29 bits per heavy atom. The van der Waals surface area contributed by atoms with Crippen molar-refractivity contribution in [3.63, 3.8) is 0 Å². The summed E-state index contributed by atoms with van der Waals surface area (Å²) in [5.74, 6) is 2.80. The van der Waals surface area contributed by atoms with Gasteiger partial charge in [0.05, 0.1) is 27.0 Å². The maximum absolute atomic E-state index is 5.40. The second kappa shape index (κ2) is 7.43. The van der Waals surface area contributed by atoms with Gasteiger partial charge in [0.2, 0.25) is 5.82 Å². The molecule has 0 spiro atoms. The fraction of sp³-hybridized carbons (Fsp3) is 0.150. The van der Waals surface area contributed by atoms with Crippen LogP contribution in [0.15, 0.2) is 53.1 Å². The Balaban J connectivity index is 1.60. The number of benzene rings is 2. The number of aromatic nitrogens is 4. The molecule has 0 aliphatic carbocycles. The number of ether oxygens (including phenoxy) is 3. The highest BCUT2D eigenvalue weighted by molar-refractivity contribution is 5.66. The van der Waals surface area contributed by atoms with E-state index in [1.165, 1.54) is 0 Å². The summed E-state index contributed by atoms with van der Waals surface area (Å²) in [6.45, 7) is 0. The van der Waals surface area contributed by atoms with Crippen LogP contribution in [0.4, 0.5) is 0 Å². The van der Waals surface area contributed by atoms with Gasteiger partial charge in [-0.2, -0.15) is 10.1 Å². The monoisotopic (exact) mass is 378 g/mol. The zero-order valence-electron chi connectivity index (χ0n) is 15.6. The van der Waals surface area contributed by atoms with Crippen LogP contribution in [0.1, 0.15) is 0 Å². The summed E-state index contributed by atoms with van der Waals surface area (Å²) in [7, 11) is 4.80. The third kappa shape index (κ3) is 3.27. The summed E-state index contributed by atoms with van der Waals surface area (Å²) in [6, 6.07) is 14.9. The van der Waals surface area contributed by atoms with E-state index in [0.29, 0.717) is 28.9 Å². The van der Waals surface area contributed by atoms with Crippen molar-refractivity contribution in [1.29, 1.82) is 0 Å². The number of rotatable bonds is 6. The van der Waals surface area contributed by atoms with Gasteiger partial charge in [0, 0.05) is 11.1 Å². The van der Waals surface area contributed by atoms with E-state index < -0.39 is 0 Å². The summed E-state index contributed by atoms with van der Waals surface area (Å²) < 4.78 is 21.1. The first-order chi connectivity index (χ1) is 13.7. The zero-order chi connectivity index (χ0) is 19.5. The molecular weight excluding hydrogens is 360 g/mol. The minimum atomic E-state index is 0.344. The van der Waals surface area contributed by atoms with Gasteiger partial charge in [-0.3, -0.25) is 5.10 Å². The standard InChI is InChI=1S/C20H18N4O4/c1-25-14-7-4-12(5-8-14)15-11-16(23-22-15)20-21-19(24-28-20)13-6-9-17(26-2)18(10-13)27-3/h4-11H,1-3H3,(H,22,23). The second-order valence-electron chi connectivity index (χ2n) is 5.89. The highest BCUT2D eigenvalue weighted by atomic mass is 16.5. The molecular formula is C20H18N4O4. The SMILES string of the molecule is COc1ccc(-c2cc(-c3nc(-c4ccc(OC)c(OC)c4)no3)[nH]n2)cc1. The molecule has 0 saturated heterocycles. The minimum Gasteiger partial charge on any atom is -0.497 e. The van der Waals surface area contributed by atoms with Crippen LogP contribution >= 0.6 is 0 Å². The fourth-order valence-electron chi connectivity index (χ4n) is 2.77. The largest absolute Gasteiger partial charge is 0.497 e. The molecule has 0 aliphatic rings. The summed E-state index contributed by atoms with van der Waals surface area (Å²) in [5.41, 5.74) is 3.10. The number of hydrogen-bond acceptors (Lipinski definition) is 7. The first-order valence-corrected chi connectivity index (χ1v) is 8.48. The van der Waals surface area contributed by atoms with E-state index in [4.69, 9.17) is 18.7 Å². The Morgan fingerprint density at radius 1 is 0.821 bits per heavy atom. The number of hydrogen-bond donors (Lipinski definition) is 1. The van der Waals surface area contributed by atoms with Crippen LogP contribution in [0, 0.1) is 0 Å². The highest BCUT2D eigenvalue weighted by Gasteiger charge is 2.15. The van der Waals surface area contributed by atoms with E-state index in [1.54, 1.807) is 33.5 Å². The molecule has 2 aromatic heterocycles. The molecule has 4 rings (SSSR count). The summed E-state index contributed by atoms with van der Waals surface area (Å²) >= 11 is 0. The van der Waals surface area contributed by atoms with Crippen molar-refractivity contribution in [2.75, 3.05) is 21.3 Å². The average molecular weight is 378 g/mol. The molecule has 1 N–H and O–H groups in total. The summed E-state index contributed by atoms with van der Waals surface area (Å²) in [4.78, 5) is 4.45. The smallest absolute Gasteiger partial charge is 0.276 e. The third-order valence-electron chi connectivity index (χ3n) is 4.26. The molecule has 2 aromatic carbocycles. The number of H-pyrrole nitrogens is 1. The van der Waals surface area contributed by atoms with Crippen LogP contribution in [-0.4, -0.2) is 41.7 Å². The number of aromatic amines is 1. The number of nitrogens with one attached hydrogen (secondary N) is 1. The van der Waals surface area contributed by atoms with Crippen LogP contribution in [0.25, 0.3) is 34.2 Å². The number of methoxy groups -OCH3 is 3.